The van der Waals surface area contributed by atoms with Crippen LogP contribution in [0.3, 0.4) is 0 Å². The summed E-state index contributed by atoms with van der Waals surface area (Å²) >= 11 is 5.78. The van der Waals surface area contributed by atoms with Gasteiger partial charge in [-0.15, -0.1) is 0 Å². The predicted octanol–water partition coefficient (Wildman–Crippen LogP) is 1.61. The number of nitrogens with two attached hydrogens (primary N) is 2. The van der Waals surface area contributed by atoms with E-state index in [0.717, 1.165) is 0 Å². The van der Waals surface area contributed by atoms with E-state index in [9.17, 15) is 4.79 Å². The van der Waals surface area contributed by atoms with E-state index in [4.69, 9.17) is 27.8 Å². The smallest absolute Gasteiger partial charge is 0.310 e. The first kappa shape index (κ1) is 11.7. The van der Waals surface area contributed by atoms with Crippen LogP contribution in [-0.4, -0.2) is 12.6 Å². The Kier molecular flexibility index (Phi) is 3.80. The Balaban J connectivity index is 2.83. The van der Waals surface area contributed by atoms with Gasteiger partial charge in [-0.2, -0.15) is 0 Å². The lowest BCUT2D eigenvalue weighted by Crippen LogP contribution is -2.08. The second kappa shape index (κ2) is 4.89. The van der Waals surface area contributed by atoms with Gasteiger partial charge in [0.1, 0.15) is 0 Å². The Bertz CT molecular complexity index is 357. The first-order valence-electron chi connectivity index (χ1n) is 4.53. The number of carbonyl (C=O) groups is 1. The largest absolute Gasteiger partial charge is 0.466 e. The number of hydrogen-bond acceptors (Lipinski definition) is 4. The Morgan fingerprint density at radius 1 is 1.40 bits per heavy atom. The first-order chi connectivity index (χ1) is 7.04. The van der Waals surface area contributed by atoms with Gasteiger partial charge in [-0.3, -0.25) is 4.79 Å². The summed E-state index contributed by atoms with van der Waals surface area (Å²) in [5.74, 6) is -0.307. The van der Waals surface area contributed by atoms with Crippen LogP contribution < -0.4 is 11.5 Å². The third-order valence-electron chi connectivity index (χ3n) is 1.84. The highest BCUT2D eigenvalue weighted by atomic mass is 35.5. The Labute approximate surface area is 93.1 Å². The fourth-order valence-electron chi connectivity index (χ4n) is 1.22. The van der Waals surface area contributed by atoms with Gasteiger partial charge in [0.05, 0.1) is 29.4 Å². The van der Waals surface area contributed by atoms with E-state index >= 15 is 0 Å². The average molecular weight is 229 g/mol. The average Bonchev–Trinajstić information content (AvgIpc) is 2.14. The highest BCUT2D eigenvalue weighted by molar-refractivity contribution is 6.35. The van der Waals surface area contributed by atoms with Crippen molar-refractivity contribution >= 4 is 28.9 Å². The number of rotatable bonds is 3. The SMILES string of the molecule is CCOC(=O)Cc1cc(N)c(Cl)c(N)c1. The molecular weight excluding hydrogens is 216 g/mol. The van der Waals surface area contributed by atoms with E-state index in [1.807, 2.05) is 0 Å². The maximum atomic E-state index is 11.2. The van der Waals surface area contributed by atoms with Crippen molar-refractivity contribution in [3.05, 3.63) is 22.7 Å². The fourth-order valence-corrected chi connectivity index (χ4v) is 1.32. The quantitative estimate of drug-likeness (QED) is 0.609. The molecule has 0 heterocycles. The van der Waals surface area contributed by atoms with Crippen LogP contribution in [0.4, 0.5) is 11.4 Å². The summed E-state index contributed by atoms with van der Waals surface area (Å²) in [6.45, 7) is 2.11. The zero-order chi connectivity index (χ0) is 11.4. The zero-order valence-corrected chi connectivity index (χ0v) is 9.17. The van der Waals surface area contributed by atoms with Gasteiger partial charge in [-0.25, -0.2) is 0 Å². The van der Waals surface area contributed by atoms with E-state index in [1.165, 1.54) is 0 Å². The molecule has 1 aromatic carbocycles. The number of carbonyl (C=O) groups excluding carboxylic acids is 1. The van der Waals surface area contributed by atoms with Crippen LogP contribution in [0.5, 0.6) is 0 Å². The summed E-state index contributed by atoms with van der Waals surface area (Å²) in [6, 6.07) is 3.24. The van der Waals surface area contributed by atoms with E-state index in [0.29, 0.717) is 28.6 Å². The molecule has 0 fully saturated rings. The minimum absolute atomic E-state index is 0.152. The molecule has 0 aromatic heterocycles. The summed E-state index contributed by atoms with van der Waals surface area (Å²) in [7, 11) is 0. The van der Waals surface area contributed by atoms with Crippen LogP contribution in [0.15, 0.2) is 12.1 Å². The molecule has 82 valence electrons. The third kappa shape index (κ3) is 3.02. The lowest BCUT2D eigenvalue weighted by Gasteiger charge is -2.06. The third-order valence-corrected chi connectivity index (χ3v) is 2.28. The summed E-state index contributed by atoms with van der Waals surface area (Å²) in [4.78, 5) is 11.2. The molecule has 0 aliphatic rings. The molecule has 15 heavy (non-hydrogen) atoms. The monoisotopic (exact) mass is 228 g/mol. The summed E-state index contributed by atoms with van der Waals surface area (Å²) in [6.07, 6.45) is 0.152. The van der Waals surface area contributed by atoms with Crippen molar-refractivity contribution < 1.29 is 9.53 Å². The summed E-state index contributed by atoms with van der Waals surface area (Å²) in [5.41, 5.74) is 12.7. The van der Waals surface area contributed by atoms with Crippen LogP contribution in [0.25, 0.3) is 0 Å². The normalized spacial score (nSPS) is 10.0. The van der Waals surface area contributed by atoms with Gasteiger partial charge in [0.25, 0.3) is 0 Å². The van der Waals surface area contributed by atoms with Crippen molar-refractivity contribution in [1.82, 2.24) is 0 Å². The fraction of sp³-hybridized carbons (Fsp3) is 0.300. The Morgan fingerprint density at radius 3 is 2.40 bits per heavy atom. The number of ether oxygens (including phenoxy) is 1. The minimum atomic E-state index is -0.307. The Hall–Kier alpha value is -1.42. The number of halogens is 1. The summed E-state index contributed by atoms with van der Waals surface area (Å²) in [5, 5.41) is 0.322. The molecule has 5 heteroatoms. The molecule has 0 saturated carbocycles. The highest BCUT2D eigenvalue weighted by Gasteiger charge is 2.08. The van der Waals surface area contributed by atoms with Gasteiger partial charge in [0.15, 0.2) is 0 Å². The van der Waals surface area contributed by atoms with Gasteiger partial charge >= 0.3 is 5.97 Å². The van der Waals surface area contributed by atoms with E-state index in [1.54, 1.807) is 19.1 Å². The van der Waals surface area contributed by atoms with E-state index in [-0.39, 0.29) is 12.4 Å². The van der Waals surface area contributed by atoms with E-state index < -0.39 is 0 Å². The molecule has 0 atom stereocenters. The van der Waals surface area contributed by atoms with Gasteiger partial charge in [0, 0.05) is 0 Å². The molecule has 4 nitrogen and oxygen atoms in total. The van der Waals surface area contributed by atoms with Gasteiger partial charge in [-0.05, 0) is 24.6 Å². The molecular formula is C10H13ClN2O2. The number of anilines is 2. The second-order valence-electron chi connectivity index (χ2n) is 3.07. The molecule has 0 bridgehead atoms. The molecule has 0 amide bonds. The van der Waals surface area contributed by atoms with Crippen LogP contribution in [0.1, 0.15) is 12.5 Å². The highest BCUT2D eigenvalue weighted by Crippen LogP contribution is 2.27. The molecule has 0 unspecified atom stereocenters. The predicted molar refractivity (Wildman–Crippen MR) is 60.6 cm³/mol. The lowest BCUT2D eigenvalue weighted by atomic mass is 10.1. The number of esters is 1. The molecule has 0 radical (unpaired) electrons. The zero-order valence-electron chi connectivity index (χ0n) is 8.42. The molecule has 0 aliphatic heterocycles. The summed E-state index contributed by atoms with van der Waals surface area (Å²) < 4.78 is 4.80. The second-order valence-corrected chi connectivity index (χ2v) is 3.45. The number of benzene rings is 1. The first-order valence-corrected chi connectivity index (χ1v) is 4.91. The molecule has 0 spiro atoms. The molecule has 0 aliphatic carbocycles. The van der Waals surface area contributed by atoms with Gasteiger partial charge in [0.2, 0.25) is 0 Å². The van der Waals surface area contributed by atoms with Crippen molar-refractivity contribution in [2.45, 2.75) is 13.3 Å². The van der Waals surface area contributed by atoms with Gasteiger partial charge < -0.3 is 16.2 Å². The molecule has 1 aromatic rings. The van der Waals surface area contributed by atoms with Crippen LogP contribution in [0.2, 0.25) is 5.02 Å². The van der Waals surface area contributed by atoms with Crippen molar-refractivity contribution in [3.8, 4) is 0 Å². The standard InChI is InChI=1S/C10H13ClN2O2/c1-2-15-9(14)5-6-3-7(12)10(11)8(13)4-6/h3-4H,2,5,12-13H2,1H3. The van der Waals surface area contributed by atoms with Crippen molar-refractivity contribution in [2.75, 3.05) is 18.1 Å². The van der Waals surface area contributed by atoms with Crippen LogP contribution in [0, 0.1) is 0 Å². The molecule has 1 rings (SSSR count). The lowest BCUT2D eigenvalue weighted by molar-refractivity contribution is -0.142. The van der Waals surface area contributed by atoms with Crippen molar-refractivity contribution in [1.29, 1.82) is 0 Å². The van der Waals surface area contributed by atoms with Gasteiger partial charge in [-0.1, -0.05) is 11.6 Å². The maximum Gasteiger partial charge on any atom is 0.310 e. The topological polar surface area (TPSA) is 78.3 Å². The minimum Gasteiger partial charge on any atom is -0.466 e. The van der Waals surface area contributed by atoms with Crippen molar-refractivity contribution in [3.63, 3.8) is 0 Å². The van der Waals surface area contributed by atoms with Crippen LogP contribution in [-0.2, 0) is 16.0 Å². The van der Waals surface area contributed by atoms with Crippen molar-refractivity contribution in [2.24, 2.45) is 0 Å². The molecule has 4 N–H and O–H groups in total. The number of nitrogen functional groups attached to an aromatic ring is 2. The van der Waals surface area contributed by atoms with Crippen LogP contribution >= 0.6 is 11.6 Å². The maximum absolute atomic E-state index is 11.2. The molecule has 0 saturated heterocycles. The number of hydrogen-bond donors (Lipinski definition) is 2. The van der Waals surface area contributed by atoms with E-state index in [2.05, 4.69) is 0 Å². The Morgan fingerprint density at radius 2 is 1.93 bits per heavy atom.